The average molecular weight is 262 g/mol. The van der Waals surface area contributed by atoms with Crippen LogP contribution >= 0.6 is 0 Å². The highest BCUT2D eigenvalue weighted by Gasteiger charge is 2.17. The van der Waals surface area contributed by atoms with Gasteiger partial charge in [0.15, 0.2) is 0 Å². The van der Waals surface area contributed by atoms with Crippen molar-refractivity contribution in [2.45, 2.75) is 34.1 Å². The van der Waals surface area contributed by atoms with Crippen LogP contribution in [0.3, 0.4) is 0 Å². The van der Waals surface area contributed by atoms with E-state index in [4.69, 9.17) is 0 Å². The van der Waals surface area contributed by atoms with Gasteiger partial charge < -0.3 is 0 Å². The molecule has 0 N–H and O–H groups in total. The Balaban J connectivity index is 2.44. The third-order valence-corrected chi connectivity index (χ3v) is 4.03. The van der Waals surface area contributed by atoms with E-state index in [1.54, 1.807) is 0 Å². The van der Waals surface area contributed by atoms with Gasteiger partial charge >= 0.3 is 0 Å². The Morgan fingerprint density at radius 3 is 1.70 bits per heavy atom. The summed E-state index contributed by atoms with van der Waals surface area (Å²) in [5, 5.41) is 5.57. The Morgan fingerprint density at radius 1 is 0.700 bits per heavy atom. The minimum atomic E-state index is 0.302. The molecule has 20 heavy (non-hydrogen) atoms. The molecular formula is C20H22. The van der Waals surface area contributed by atoms with Gasteiger partial charge in [0.25, 0.3) is 0 Å². The van der Waals surface area contributed by atoms with E-state index in [1.807, 2.05) is 0 Å². The van der Waals surface area contributed by atoms with E-state index in [-0.39, 0.29) is 0 Å². The summed E-state index contributed by atoms with van der Waals surface area (Å²) in [7, 11) is 0. The standard InChI is InChI=1S/C20H22/c1-14-15-9-5-6-10-16(15)17-11-7-8-12-18(17)19(14)13-20(2,3)4/h5-12H,13H2,1-4H3. The predicted octanol–water partition coefficient (Wildman–Crippen LogP) is 5.89. The lowest BCUT2D eigenvalue weighted by molar-refractivity contribution is 0.412. The fraction of sp³-hybridized carbons (Fsp3) is 0.300. The highest BCUT2D eigenvalue weighted by atomic mass is 14.2. The molecule has 0 bridgehead atoms. The lowest BCUT2D eigenvalue weighted by Gasteiger charge is -2.22. The maximum atomic E-state index is 2.32. The molecule has 0 aliphatic heterocycles. The zero-order valence-electron chi connectivity index (χ0n) is 12.8. The van der Waals surface area contributed by atoms with E-state index in [9.17, 15) is 0 Å². The van der Waals surface area contributed by atoms with Crippen molar-refractivity contribution >= 4 is 21.5 Å². The predicted molar refractivity (Wildman–Crippen MR) is 89.4 cm³/mol. The number of aryl methyl sites for hydroxylation is 1. The van der Waals surface area contributed by atoms with Gasteiger partial charge in [0, 0.05) is 0 Å². The number of hydrogen-bond acceptors (Lipinski definition) is 0. The topological polar surface area (TPSA) is 0 Å². The number of benzene rings is 3. The smallest absolute Gasteiger partial charge is 0.0102 e. The molecule has 3 rings (SSSR count). The molecule has 0 saturated heterocycles. The normalized spacial score (nSPS) is 12.2. The molecule has 0 spiro atoms. The molecule has 0 fully saturated rings. The van der Waals surface area contributed by atoms with Gasteiger partial charge in [-0.2, -0.15) is 0 Å². The summed E-state index contributed by atoms with van der Waals surface area (Å²) < 4.78 is 0. The van der Waals surface area contributed by atoms with Gasteiger partial charge in [0.05, 0.1) is 0 Å². The third kappa shape index (κ3) is 2.20. The second kappa shape index (κ2) is 4.63. The molecule has 0 heteroatoms. The van der Waals surface area contributed by atoms with Crippen LogP contribution in [0.1, 0.15) is 31.9 Å². The van der Waals surface area contributed by atoms with Gasteiger partial charge in [0.1, 0.15) is 0 Å². The van der Waals surface area contributed by atoms with Crippen LogP contribution in [0.2, 0.25) is 0 Å². The molecule has 0 unspecified atom stereocenters. The van der Waals surface area contributed by atoms with Crippen LogP contribution in [-0.4, -0.2) is 0 Å². The summed E-state index contributed by atoms with van der Waals surface area (Å²) in [6.45, 7) is 9.22. The van der Waals surface area contributed by atoms with Crippen LogP contribution < -0.4 is 0 Å². The largest absolute Gasteiger partial charge is 0.0616 e. The molecule has 102 valence electrons. The fourth-order valence-corrected chi connectivity index (χ4v) is 3.15. The molecule has 0 aliphatic carbocycles. The SMILES string of the molecule is Cc1c(CC(C)(C)C)c2ccccc2c2ccccc12. The van der Waals surface area contributed by atoms with Crippen LogP contribution in [0, 0.1) is 12.3 Å². The van der Waals surface area contributed by atoms with Gasteiger partial charge in [-0.25, -0.2) is 0 Å². The van der Waals surface area contributed by atoms with Crippen LogP contribution in [0.15, 0.2) is 48.5 Å². The van der Waals surface area contributed by atoms with Crippen molar-refractivity contribution in [3.8, 4) is 0 Å². The molecule has 0 saturated carbocycles. The van der Waals surface area contributed by atoms with Gasteiger partial charge in [-0.3, -0.25) is 0 Å². The van der Waals surface area contributed by atoms with Crippen molar-refractivity contribution in [1.29, 1.82) is 0 Å². The minimum absolute atomic E-state index is 0.302. The lowest BCUT2D eigenvalue weighted by atomic mass is 9.82. The van der Waals surface area contributed by atoms with Gasteiger partial charge in [-0.15, -0.1) is 0 Å². The summed E-state index contributed by atoms with van der Waals surface area (Å²) in [5.41, 5.74) is 3.25. The lowest BCUT2D eigenvalue weighted by Crippen LogP contribution is -2.11. The van der Waals surface area contributed by atoms with Crippen molar-refractivity contribution in [2.75, 3.05) is 0 Å². The first-order valence-corrected chi connectivity index (χ1v) is 7.36. The molecule has 3 aromatic carbocycles. The van der Waals surface area contributed by atoms with Crippen molar-refractivity contribution < 1.29 is 0 Å². The van der Waals surface area contributed by atoms with Gasteiger partial charge in [-0.1, -0.05) is 69.3 Å². The van der Waals surface area contributed by atoms with Crippen LogP contribution in [0.25, 0.3) is 21.5 Å². The van der Waals surface area contributed by atoms with Crippen LogP contribution in [0.5, 0.6) is 0 Å². The quantitative estimate of drug-likeness (QED) is 0.480. The Morgan fingerprint density at radius 2 is 1.15 bits per heavy atom. The van der Waals surface area contributed by atoms with Crippen LogP contribution in [-0.2, 0) is 6.42 Å². The maximum absolute atomic E-state index is 2.32. The molecule has 0 nitrogen and oxygen atoms in total. The second-order valence-corrected chi connectivity index (χ2v) is 6.93. The minimum Gasteiger partial charge on any atom is -0.0616 e. The first-order valence-electron chi connectivity index (χ1n) is 7.36. The monoisotopic (exact) mass is 262 g/mol. The van der Waals surface area contributed by atoms with Gasteiger partial charge in [0.2, 0.25) is 0 Å². The zero-order valence-corrected chi connectivity index (χ0v) is 12.8. The van der Waals surface area contributed by atoms with E-state index in [0.717, 1.165) is 6.42 Å². The van der Waals surface area contributed by atoms with Crippen molar-refractivity contribution in [1.82, 2.24) is 0 Å². The summed E-state index contributed by atoms with van der Waals surface area (Å²) in [6, 6.07) is 17.6. The Labute approximate surface area is 121 Å². The number of hydrogen-bond donors (Lipinski definition) is 0. The summed E-state index contributed by atoms with van der Waals surface area (Å²) in [6.07, 6.45) is 1.12. The molecule has 0 heterocycles. The highest BCUT2D eigenvalue weighted by molar-refractivity contribution is 6.10. The molecule has 0 atom stereocenters. The van der Waals surface area contributed by atoms with E-state index in [0.29, 0.717) is 5.41 Å². The molecule has 0 aliphatic rings. The Bertz CT molecular complexity index is 773. The van der Waals surface area contributed by atoms with E-state index < -0.39 is 0 Å². The fourth-order valence-electron chi connectivity index (χ4n) is 3.15. The van der Waals surface area contributed by atoms with E-state index in [1.165, 1.54) is 32.7 Å². The van der Waals surface area contributed by atoms with Crippen molar-refractivity contribution in [3.63, 3.8) is 0 Å². The molecular weight excluding hydrogens is 240 g/mol. The maximum Gasteiger partial charge on any atom is -0.0102 e. The summed E-state index contributed by atoms with van der Waals surface area (Å²) in [5.74, 6) is 0. The van der Waals surface area contributed by atoms with E-state index in [2.05, 4.69) is 76.2 Å². The molecule has 0 aromatic heterocycles. The molecule has 0 amide bonds. The third-order valence-electron chi connectivity index (χ3n) is 4.03. The number of fused-ring (bicyclic) bond motifs is 3. The number of rotatable bonds is 1. The van der Waals surface area contributed by atoms with Crippen molar-refractivity contribution in [3.05, 3.63) is 59.7 Å². The molecule has 0 radical (unpaired) electrons. The van der Waals surface area contributed by atoms with E-state index >= 15 is 0 Å². The zero-order chi connectivity index (χ0) is 14.3. The summed E-state index contributed by atoms with van der Waals surface area (Å²) in [4.78, 5) is 0. The average Bonchev–Trinajstić information content (AvgIpc) is 2.42. The molecule has 3 aromatic rings. The highest BCUT2D eigenvalue weighted by Crippen LogP contribution is 2.35. The second-order valence-electron chi connectivity index (χ2n) is 6.93. The summed E-state index contributed by atoms with van der Waals surface area (Å²) >= 11 is 0. The first-order chi connectivity index (χ1) is 9.47. The Hall–Kier alpha value is -1.82. The Kier molecular flexibility index (Phi) is 3.05. The first kappa shape index (κ1) is 13.2. The van der Waals surface area contributed by atoms with Crippen LogP contribution in [0.4, 0.5) is 0 Å². The van der Waals surface area contributed by atoms with Gasteiger partial charge in [-0.05, 0) is 51.4 Å². The van der Waals surface area contributed by atoms with Crippen molar-refractivity contribution in [2.24, 2.45) is 5.41 Å².